The van der Waals surface area contributed by atoms with Crippen LogP contribution in [0.2, 0.25) is 0 Å². The Kier molecular flexibility index (Phi) is 9.18. The number of benzene rings is 8. The zero-order chi connectivity index (χ0) is 46.3. The molecule has 0 bridgehead atoms. The molecule has 0 radical (unpaired) electrons. The molecule has 5 aromatic heterocycles. The van der Waals surface area contributed by atoms with Crippen molar-refractivity contribution in [2.75, 3.05) is 0 Å². The van der Waals surface area contributed by atoms with E-state index in [-0.39, 0.29) is 32.2 Å². The Bertz CT molecular complexity index is 4280. The molecule has 0 spiro atoms. The van der Waals surface area contributed by atoms with Crippen molar-refractivity contribution >= 4 is 65.8 Å². The number of rotatable bonds is 5. The van der Waals surface area contributed by atoms with Crippen molar-refractivity contribution in [3.05, 3.63) is 193 Å². The normalized spacial score (nSPS) is 13.9. The first-order valence-electron chi connectivity index (χ1n) is 23.3. The van der Waals surface area contributed by atoms with Crippen molar-refractivity contribution in [1.29, 1.82) is 0 Å². The number of imidazole rings is 1. The number of phenolic OH excluding ortho intramolecular Hbond substituents is 1. The molecule has 0 amide bonds. The first-order valence-corrected chi connectivity index (χ1v) is 23.3. The van der Waals surface area contributed by atoms with Gasteiger partial charge in [-0.1, -0.05) is 142 Å². The SMILES string of the molecule is CC1(C)c2cccc(O)c2-c2nc(-c3cn(-c4ccc5oc6ccccc6c5c4)c(-c4[c-]ccc5oc6ccc(-c7ccccc7)cc6c45)n3)cc(-c3ccc4oc5ccccc5c4c3)c2C1(C)C.[Pt]. The van der Waals surface area contributed by atoms with Crippen molar-refractivity contribution < 1.29 is 39.4 Å². The van der Waals surface area contributed by atoms with Crippen LogP contribution in [0.5, 0.6) is 5.75 Å². The molecular formula is C62H42N3O4Pt-. The molecular weight excluding hydrogens is 1050 g/mol. The van der Waals surface area contributed by atoms with E-state index in [1.165, 1.54) is 0 Å². The molecule has 0 saturated carbocycles. The summed E-state index contributed by atoms with van der Waals surface area (Å²) in [5.41, 5.74) is 14.8. The van der Waals surface area contributed by atoms with Crippen molar-refractivity contribution in [3.63, 3.8) is 0 Å². The molecule has 340 valence electrons. The smallest absolute Gasteiger partial charge is 0.135 e. The summed E-state index contributed by atoms with van der Waals surface area (Å²) in [4.78, 5) is 11.2. The van der Waals surface area contributed by atoms with E-state index in [0.29, 0.717) is 17.2 Å². The molecule has 70 heavy (non-hydrogen) atoms. The molecule has 8 aromatic carbocycles. The third-order valence-corrected chi connectivity index (χ3v) is 15.2. The molecule has 0 aliphatic heterocycles. The number of para-hydroxylation sites is 2. The third-order valence-electron chi connectivity index (χ3n) is 15.2. The second-order valence-corrected chi connectivity index (χ2v) is 19.4. The van der Waals surface area contributed by atoms with E-state index in [1.807, 2.05) is 60.7 Å². The Morgan fingerprint density at radius 1 is 0.514 bits per heavy atom. The fourth-order valence-electron chi connectivity index (χ4n) is 11.1. The molecule has 5 heterocycles. The second-order valence-electron chi connectivity index (χ2n) is 19.4. The van der Waals surface area contributed by atoms with Crippen LogP contribution in [0.3, 0.4) is 0 Å². The van der Waals surface area contributed by atoms with Crippen LogP contribution in [-0.2, 0) is 31.9 Å². The fourth-order valence-corrected chi connectivity index (χ4v) is 11.1. The summed E-state index contributed by atoms with van der Waals surface area (Å²) >= 11 is 0. The zero-order valence-electron chi connectivity index (χ0n) is 38.6. The number of hydrogen-bond acceptors (Lipinski definition) is 6. The average Bonchev–Trinajstić information content (AvgIpc) is 4.17. The minimum Gasteiger partial charge on any atom is -0.507 e. The van der Waals surface area contributed by atoms with Gasteiger partial charge in [-0.25, -0.2) is 4.98 Å². The summed E-state index contributed by atoms with van der Waals surface area (Å²) in [6, 6.07) is 61.4. The Balaban J connectivity index is 0.00000480. The third kappa shape index (κ3) is 6.04. The number of aromatic nitrogens is 3. The van der Waals surface area contributed by atoms with Gasteiger partial charge >= 0.3 is 0 Å². The van der Waals surface area contributed by atoms with Gasteiger partial charge in [0.25, 0.3) is 0 Å². The Morgan fingerprint density at radius 3 is 1.90 bits per heavy atom. The standard InChI is InChI=1S/C62H42N3O4.Pt/c1-61(2)46-19-13-20-49(66)57(46)59-58(62(61,3)4)42(37-25-28-52-43(31-37)39-16-8-10-21-50(39)67-52)33-47(63-59)48-34-65(38-26-29-53-44(32-38)40-17-9-11-22-51(40)68-53)60(64-48)41-18-12-23-55-56(41)45-30-36(24-27-54(45)69-55)35-14-6-5-7-15-35;/h5-17,19-34,66H,1-4H3;/q-1;. The monoisotopic (exact) mass is 1090 g/mol. The van der Waals surface area contributed by atoms with Crippen LogP contribution in [0.25, 0.3) is 128 Å². The summed E-state index contributed by atoms with van der Waals surface area (Å²) in [7, 11) is 0. The van der Waals surface area contributed by atoms with Gasteiger partial charge in [0.05, 0.1) is 28.5 Å². The summed E-state index contributed by atoms with van der Waals surface area (Å²) in [6.45, 7) is 9.14. The quantitative estimate of drug-likeness (QED) is 0.173. The van der Waals surface area contributed by atoms with E-state index in [4.69, 9.17) is 23.2 Å². The van der Waals surface area contributed by atoms with E-state index in [2.05, 4.69) is 148 Å². The maximum absolute atomic E-state index is 11.9. The van der Waals surface area contributed by atoms with E-state index in [0.717, 1.165) is 122 Å². The predicted octanol–water partition coefficient (Wildman–Crippen LogP) is 16.4. The maximum atomic E-state index is 11.9. The van der Waals surface area contributed by atoms with Gasteiger partial charge in [-0.05, 0) is 105 Å². The molecule has 0 saturated heterocycles. The summed E-state index contributed by atoms with van der Waals surface area (Å²) in [5.74, 6) is 0.867. The molecule has 13 aromatic rings. The summed E-state index contributed by atoms with van der Waals surface area (Å²) in [5, 5.41) is 17.9. The molecule has 0 fully saturated rings. The molecule has 0 unspecified atom stereocenters. The Labute approximate surface area is 416 Å². The second kappa shape index (κ2) is 15.3. The minimum atomic E-state index is -0.434. The maximum Gasteiger partial charge on any atom is 0.135 e. The Hall–Kier alpha value is -7.99. The molecule has 8 heteroatoms. The van der Waals surface area contributed by atoms with E-state index in [9.17, 15) is 5.11 Å². The van der Waals surface area contributed by atoms with Crippen LogP contribution in [0.15, 0.2) is 189 Å². The van der Waals surface area contributed by atoms with Gasteiger partial charge in [0.2, 0.25) is 0 Å². The van der Waals surface area contributed by atoms with Crippen LogP contribution < -0.4 is 0 Å². The largest absolute Gasteiger partial charge is 0.507 e. The molecule has 14 rings (SSSR count). The molecule has 0 atom stereocenters. The van der Waals surface area contributed by atoms with Gasteiger partial charge in [0.1, 0.15) is 33.7 Å². The average molecular weight is 1090 g/mol. The van der Waals surface area contributed by atoms with Crippen molar-refractivity contribution in [3.8, 4) is 67.7 Å². The summed E-state index contributed by atoms with van der Waals surface area (Å²) < 4.78 is 21.4. The molecule has 7 nitrogen and oxygen atoms in total. The summed E-state index contributed by atoms with van der Waals surface area (Å²) in [6.07, 6.45) is 2.08. The van der Waals surface area contributed by atoms with Gasteiger partial charge in [-0.15, -0.1) is 12.1 Å². The first-order chi connectivity index (χ1) is 33.6. The predicted molar refractivity (Wildman–Crippen MR) is 277 cm³/mol. The van der Waals surface area contributed by atoms with Gasteiger partial charge in [-0.2, -0.15) is 0 Å². The molecule has 1 aliphatic carbocycles. The fraction of sp³-hybridized carbons (Fsp3) is 0.0968. The number of furan rings is 3. The zero-order valence-corrected chi connectivity index (χ0v) is 40.8. The number of phenols is 1. The van der Waals surface area contributed by atoms with E-state index in [1.54, 1.807) is 6.07 Å². The van der Waals surface area contributed by atoms with E-state index >= 15 is 0 Å². The first kappa shape index (κ1) is 42.1. The molecule has 1 aliphatic rings. The number of nitrogens with zero attached hydrogens (tertiary/aromatic N) is 3. The van der Waals surface area contributed by atoms with Crippen molar-refractivity contribution in [2.24, 2.45) is 0 Å². The van der Waals surface area contributed by atoms with Crippen molar-refractivity contribution in [1.82, 2.24) is 14.5 Å². The number of hydrogen-bond donors (Lipinski definition) is 1. The van der Waals surface area contributed by atoms with Crippen LogP contribution in [0.1, 0.15) is 38.8 Å². The van der Waals surface area contributed by atoms with Crippen LogP contribution >= 0.6 is 0 Å². The Morgan fingerprint density at radius 2 is 1.14 bits per heavy atom. The van der Waals surface area contributed by atoms with E-state index < -0.39 is 5.41 Å². The van der Waals surface area contributed by atoms with Gasteiger partial charge in [0, 0.05) is 65.5 Å². The minimum absolute atomic E-state index is 0. The van der Waals surface area contributed by atoms with Crippen LogP contribution in [-0.4, -0.2) is 19.6 Å². The van der Waals surface area contributed by atoms with Crippen molar-refractivity contribution in [2.45, 2.75) is 38.5 Å². The molecule has 1 N–H and O–H groups in total. The number of fused-ring (bicyclic) bond motifs is 12. The topological polar surface area (TPSA) is 90.4 Å². The number of pyridine rings is 1. The van der Waals surface area contributed by atoms with Crippen LogP contribution in [0, 0.1) is 6.07 Å². The van der Waals surface area contributed by atoms with Crippen LogP contribution in [0.4, 0.5) is 0 Å². The number of aromatic hydroxyl groups is 1. The van der Waals surface area contributed by atoms with Gasteiger partial charge < -0.3 is 22.9 Å². The van der Waals surface area contributed by atoms with Gasteiger partial charge in [0.15, 0.2) is 0 Å². The van der Waals surface area contributed by atoms with Gasteiger partial charge in [-0.3, -0.25) is 4.98 Å².